The van der Waals surface area contributed by atoms with Crippen molar-refractivity contribution in [1.29, 1.82) is 0 Å². The van der Waals surface area contributed by atoms with Crippen LogP contribution < -0.4 is 10.5 Å². The highest BCUT2D eigenvalue weighted by Crippen LogP contribution is 2.18. The summed E-state index contributed by atoms with van der Waals surface area (Å²) in [4.78, 5) is 13.3. The standard InChI is InChI=1S/C14H20F2N2O2.ClH/c1-14(2,8-17)9-18(3)13(19)7-20-12-5-4-10(15)6-11(12)16;/h4-6H,7-9,17H2,1-3H3;1H. The maximum Gasteiger partial charge on any atom is 0.260 e. The Hall–Kier alpha value is -1.40. The van der Waals surface area contributed by atoms with E-state index in [0.29, 0.717) is 19.2 Å². The zero-order valence-electron chi connectivity index (χ0n) is 12.4. The molecule has 0 bridgehead atoms. The third kappa shape index (κ3) is 6.27. The fourth-order valence-electron chi connectivity index (χ4n) is 1.64. The Morgan fingerprint density at radius 1 is 1.38 bits per heavy atom. The van der Waals surface area contributed by atoms with Crippen LogP contribution in [0, 0.1) is 17.0 Å². The Bertz CT molecular complexity index is 484. The van der Waals surface area contributed by atoms with Crippen LogP contribution in [0.5, 0.6) is 5.75 Å². The van der Waals surface area contributed by atoms with E-state index in [2.05, 4.69) is 0 Å². The summed E-state index contributed by atoms with van der Waals surface area (Å²) in [6.45, 7) is 4.49. The lowest BCUT2D eigenvalue weighted by Gasteiger charge is -2.29. The van der Waals surface area contributed by atoms with E-state index in [1.807, 2.05) is 13.8 Å². The number of carbonyl (C=O) groups excluding carboxylic acids is 1. The molecule has 0 aliphatic heterocycles. The van der Waals surface area contributed by atoms with Crippen LogP contribution >= 0.6 is 12.4 Å². The summed E-state index contributed by atoms with van der Waals surface area (Å²) < 4.78 is 31.1. The van der Waals surface area contributed by atoms with Crippen molar-refractivity contribution in [2.75, 3.05) is 26.7 Å². The number of nitrogens with two attached hydrogens (primary N) is 1. The van der Waals surface area contributed by atoms with Crippen LogP contribution in [0.25, 0.3) is 0 Å². The summed E-state index contributed by atoms with van der Waals surface area (Å²) in [7, 11) is 1.63. The first-order valence-corrected chi connectivity index (χ1v) is 6.27. The highest BCUT2D eigenvalue weighted by Gasteiger charge is 2.21. The van der Waals surface area contributed by atoms with Crippen molar-refractivity contribution < 1.29 is 18.3 Å². The molecule has 1 aromatic carbocycles. The summed E-state index contributed by atoms with van der Waals surface area (Å²) in [6, 6.07) is 2.94. The average molecular weight is 323 g/mol. The molecule has 0 radical (unpaired) electrons. The van der Waals surface area contributed by atoms with Crippen molar-refractivity contribution in [2.24, 2.45) is 11.1 Å². The molecule has 0 saturated carbocycles. The maximum atomic E-state index is 13.3. The molecule has 0 aliphatic carbocycles. The topological polar surface area (TPSA) is 55.6 Å². The smallest absolute Gasteiger partial charge is 0.260 e. The summed E-state index contributed by atoms with van der Waals surface area (Å²) in [5, 5.41) is 0. The molecule has 0 unspecified atom stereocenters. The fourth-order valence-corrected chi connectivity index (χ4v) is 1.64. The van der Waals surface area contributed by atoms with E-state index in [9.17, 15) is 13.6 Å². The van der Waals surface area contributed by atoms with Gasteiger partial charge in [-0.1, -0.05) is 13.8 Å². The number of nitrogens with zero attached hydrogens (tertiary/aromatic N) is 1. The number of hydrogen-bond acceptors (Lipinski definition) is 3. The predicted octanol–water partition coefficient (Wildman–Crippen LogP) is 2.21. The van der Waals surface area contributed by atoms with Crippen LogP contribution in [-0.2, 0) is 4.79 Å². The van der Waals surface area contributed by atoms with Crippen LogP contribution in [0.3, 0.4) is 0 Å². The van der Waals surface area contributed by atoms with E-state index in [0.717, 1.165) is 12.1 Å². The Morgan fingerprint density at radius 3 is 2.52 bits per heavy atom. The summed E-state index contributed by atoms with van der Waals surface area (Å²) in [6.07, 6.45) is 0. The van der Waals surface area contributed by atoms with Gasteiger partial charge in [0.05, 0.1) is 0 Å². The number of hydrogen-bond donors (Lipinski definition) is 1. The van der Waals surface area contributed by atoms with Crippen molar-refractivity contribution in [3.05, 3.63) is 29.8 Å². The van der Waals surface area contributed by atoms with Gasteiger partial charge in [0.1, 0.15) is 5.82 Å². The van der Waals surface area contributed by atoms with Gasteiger partial charge in [-0.25, -0.2) is 8.78 Å². The van der Waals surface area contributed by atoms with Crippen LogP contribution in [0.4, 0.5) is 8.78 Å². The summed E-state index contributed by atoms with van der Waals surface area (Å²) >= 11 is 0. The number of ether oxygens (including phenoxy) is 1. The average Bonchev–Trinajstić information content (AvgIpc) is 2.36. The Morgan fingerprint density at radius 2 is 2.00 bits per heavy atom. The van der Waals surface area contributed by atoms with Gasteiger partial charge in [0.15, 0.2) is 18.2 Å². The molecule has 1 rings (SSSR count). The third-order valence-corrected chi connectivity index (χ3v) is 2.89. The Kier molecular flexibility index (Phi) is 7.60. The Balaban J connectivity index is 0.00000400. The first kappa shape index (κ1) is 19.6. The highest BCUT2D eigenvalue weighted by molar-refractivity contribution is 5.85. The molecule has 1 amide bonds. The number of benzene rings is 1. The number of rotatable bonds is 6. The molecule has 0 aliphatic rings. The molecule has 0 spiro atoms. The van der Waals surface area contributed by atoms with Crippen molar-refractivity contribution in [3.8, 4) is 5.75 Å². The minimum absolute atomic E-state index is 0. The van der Waals surface area contributed by atoms with Crippen LogP contribution in [0.15, 0.2) is 18.2 Å². The van der Waals surface area contributed by atoms with E-state index in [1.165, 1.54) is 4.90 Å². The van der Waals surface area contributed by atoms with Crippen LogP contribution in [-0.4, -0.2) is 37.6 Å². The normalized spacial score (nSPS) is 10.8. The molecular formula is C14H21ClF2N2O2. The summed E-state index contributed by atoms with van der Waals surface area (Å²) in [5.74, 6) is -1.97. The minimum Gasteiger partial charge on any atom is -0.481 e. The van der Waals surface area contributed by atoms with E-state index in [4.69, 9.17) is 10.5 Å². The lowest BCUT2D eigenvalue weighted by molar-refractivity contribution is -0.133. The zero-order valence-corrected chi connectivity index (χ0v) is 13.2. The summed E-state index contributed by atoms with van der Waals surface area (Å²) in [5.41, 5.74) is 5.40. The monoisotopic (exact) mass is 322 g/mol. The second-order valence-corrected chi connectivity index (χ2v) is 5.48. The zero-order chi connectivity index (χ0) is 15.3. The van der Waals surface area contributed by atoms with Gasteiger partial charge in [0, 0.05) is 19.7 Å². The highest BCUT2D eigenvalue weighted by atomic mass is 35.5. The van der Waals surface area contributed by atoms with E-state index in [1.54, 1.807) is 7.05 Å². The lowest BCUT2D eigenvalue weighted by atomic mass is 9.93. The van der Waals surface area contributed by atoms with Crippen LogP contribution in [0.1, 0.15) is 13.8 Å². The molecule has 7 heteroatoms. The van der Waals surface area contributed by atoms with Gasteiger partial charge in [-0.05, 0) is 24.1 Å². The van der Waals surface area contributed by atoms with E-state index < -0.39 is 11.6 Å². The van der Waals surface area contributed by atoms with Crippen molar-refractivity contribution in [3.63, 3.8) is 0 Å². The molecule has 0 saturated heterocycles. The molecule has 2 N–H and O–H groups in total. The number of halogens is 3. The SMILES string of the molecule is CN(CC(C)(C)CN)C(=O)COc1ccc(F)cc1F.Cl. The predicted molar refractivity (Wildman–Crippen MR) is 79.6 cm³/mol. The maximum absolute atomic E-state index is 13.3. The van der Waals surface area contributed by atoms with Gasteiger partial charge in [-0.2, -0.15) is 0 Å². The number of amides is 1. The van der Waals surface area contributed by atoms with Gasteiger partial charge in [-0.3, -0.25) is 4.79 Å². The van der Waals surface area contributed by atoms with Gasteiger partial charge in [0.25, 0.3) is 5.91 Å². The largest absolute Gasteiger partial charge is 0.481 e. The van der Waals surface area contributed by atoms with E-state index >= 15 is 0 Å². The lowest BCUT2D eigenvalue weighted by Crippen LogP contribution is -2.41. The second kappa shape index (κ2) is 8.14. The minimum atomic E-state index is -0.831. The van der Waals surface area contributed by atoms with Gasteiger partial charge in [-0.15, -0.1) is 12.4 Å². The molecule has 0 atom stereocenters. The van der Waals surface area contributed by atoms with Crippen molar-refractivity contribution in [1.82, 2.24) is 4.90 Å². The molecule has 120 valence electrons. The van der Waals surface area contributed by atoms with Gasteiger partial charge >= 0.3 is 0 Å². The third-order valence-electron chi connectivity index (χ3n) is 2.89. The number of likely N-dealkylation sites (N-methyl/N-ethyl adjacent to an activating group) is 1. The van der Waals surface area contributed by atoms with E-state index in [-0.39, 0.29) is 36.1 Å². The number of carbonyl (C=O) groups is 1. The molecular weight excluding hydrogens is 302 g/mol. The quantitative estimate of drug-likeness (QED) is 0.873. The van der Waals surface area contributed by atoms with Crippen molar-refractivity contribution >= 4 is 18.3 Å². The Labute approximate surface area is 129 Å². The molecule has 4 nitrogen and oxygen atoms in total. The first-order valence-electron chi connectivity index (χ1n) is 6.27. The molecule has 0 fully saturated rings. The molecule has 1 aromatic rings. The molecule has 21 heavy (non-hydrogen) atoms. The second-order valence-electron chi connectivity index (χ2n) is 5.48. The van der Waals surface area contributed by atoms with Crippen LogP contribution in [0.2, 0.25) is 0 Å². The van der Waals surface area contributed by atoms with Crippen molar-refractivity contribution in [2.45, 2.75) is 13.8 Å². The van der Waals surface area contributed by atoms with Gasteiger partial charge in [0.2, 0.25) is 0 Å². The van der Waals surface area contributed by atoms with Gasteiger partial charge < -0.3 is 15.4 Å². The molecule has 0 heterocycles. The fraction of sp³-hybridized carbons (Fsp3) is 0.500. The molecule has 0 aromatic heterocycles. The first-order chi connectivity index (χ1) is 9.25.